The first-order valence-corrected chi connectivity index (χ1v) is 5.69. The number of nitrogens with zero attached hydrogens (tertiary/aromatic N) is 1. The second-order valence-corrected chi connectivity index (χ2v) is 5.20. The maximum absolute atomic E-state index is 2.34. The van der Waals surface area contributed by atoms with Gasteiger partial charge in [-0.3, -0.25) is 0 Å². The van der Waals surface area contributed by atoms with E-state index >= 15 is 0 Å². The second-order valence-electron chi connectivity index (χ2n) is 5.20. The smallest absolute Gasteiger partial charge is 0.0397 e. The van der Waals surface area contributed by atoms with Crippen molar-refractivity contribution in [2.45, 2.75) is 46.6 Å². The van der Waals surface area contributed by atoms with Gasteiger partial charge in [0.05, 0.1) is 0 Å². The molecule has 0 bridgehead atoms. The van der Waals surface area contributed by atoms with E-state index in [1.807, 2.05) is 0 Å². The van der Waals surface area contributed by atoms with Crippen LogP contribution in [0.15, 0.2) is 18.2 Å². The largest absolute Gasteiger partial charge is 0.370 e. The minimum absolute atomic E-state index is 0.179. The van der Waals surface area contributed by atoms with Crippen LogP contribution in [0.1, 0.15) is 38.8 Å². The van der Waals surface area contributed by atoms with E-state index in [0.717, 1.165) is 6.42 Å². The molecule has 0 radical (unpaired) electrons. The molecule has 1 rings (SSSR count). The quantitative estimate of drug-likeness (QED) is 0.710. The summed E-state index contributed by atoms with van der Waals surface area (Å²) < 4.78 is 0. The van der Waals surface area contributed by atoms with E-state index in [4.69, 9.17) is 0 Å². The number of hydrogen-bond donors (Lipinski definition) is 0. The summed E-state index contributed by atoms with van der Waals surface area (Å²) in [6, 6.07) is 6.75. The van der Waals surface area contributed by atoms with Crippen LogP contribution >= 0.6 is 0 Å². The van der Waals surface area contributed by atoms with Crippen LogP contribution in [0.3, 0.4) is 0 Å². The maximum Gasteiger partial charge on any atom is 0.0397 e. The van der Waals surface area contributed by atoms with Gasteiger partial charge in [0, 0.05) is 18.3 Å². The van der Waals surface area contributed by atoms with Crippen LogP contribution in [0.5, 0.6) is 0 Å². The van der Waals surface area contributed by atoms with Crippen molar-refractivity contribution >= 4 is 5.69 Å². The summed E-state index contributed by atoms with van der Waals surface area (Å²) in [6.07, 6.45) is 1.11. The average Bonchev–Trinajstić information content (AvgIpc) is 2.15. The number of hydrogen-bond acceptors (Lipinski definition) is 1. The molecule has 0 aliphatic rings. The minimum Gasteiger partial charge on any atom is -0.370 e. The molecule has 0 N–H and O–H groups in total. The zero-order chi connectivity index (χ0) is 11.6. The van der Waals surface area contributed by atoms with Crippen molar-refractivity contribution in [3.63, 3.8) is 0 Å². The zero-order valence-corrected chi connectivity index (χ0v) is 10.9. The van der Waals surface area contributed by atoms with E-state index < -0.39 is 0 Å². The van der Waals surface area contributed by atoms with Crippen molar-refractivity contribution in [3.8, 4) is 0 Å². The third-order valence-electron chi connectivity index (χ3n) is 3.04. The Labute approximate surface area is 94.1 Å². The molecule has 0 atom stereocenters. The Kier molecular flexibility index (Phi) is 3.43. The van der Waals surface area contributed by atoms with Crippen molar-refractivity contribution in [1.29, 1.82) is 0 Å². The highest BCUT2D eigenvalue weighted by Gasteiger charge is 2.18. The molecule has 1 heteroatoms. The van der Waals surface area contributed by atoms with Gasteiger partial charge in [-0.25, -0.2) is 0 Å². The summed E-state index contributed by atoms with van der Waals surface area (Å²) in [5, 5.41) is 0. The van der Waals surface area contributed by atoms with Gasteiger partial charge in [0.2, 0.25) is 0 Å². The predicted octanol–water partition coefficient (Wildman–Crippen LogP) is 3.79. The molecule has 0 heterocycles. The maximum atomic E-state index is 2.34. The van der Waals surface area contributed by atoms with Crippen LogP contribution in [0, 0.1) is 6.92 Å². The Bertz CT molecular complexity index is 334. The minimum atomic E-state index is 0.179. The van der Waals surface area contributed by atoms with Crippen molar-refractivity contribution < 1.29 is 0 Å². The van der Waals surface area contributed by atoms with Crippen molar-refractivity contribution in [2.75, 3.05) is 11.9 Å². The Morgan fingerprint density at radius 2 is 1.80 bits per heavy atom. The number of aryl methyl sites for hydroxylation is 2. The summed E-state index contributed by atoms with van der Waals surface area (Å²) in [4.78, 5) is 2.34. The first kappa shape index (κ1) is 12.1. The Morgan fingerprint density at radius 1 is 1.20 bits per heavy atom. The van der Waals surface area contributed by atoms with E-state index in [1.165, 1.54) is 16.8 Å². The molecule has 84 valence electrons. The van der Waals surface area contributed by atoms with E-state index in [1.54, 1.807) is 0 Å². The van der Waals surface area contributed by atoms with E-state index in [-0.39, 0.29) is 5.54 Å². The van der Waals surface area contributed by atoms with Gasteiger partial charge >= 0.3 is 0 Å². The lowest BCUT2D eigenvalue weighted by Crippen LogP contribution is -2.38. The first-order chi connectivity index (χ1) is 6.86. The van der Waals surface area contributed by atoms with Gasteiger partial charge in [0.15, 0.2) is 0 Å². The molecule has 0 unspecified atom stereocenters. The monoisotopic (exact) mass is 205 g/mol. The topological polar surface area (TPSA) is 3.24 Å². The fourth-order valence-corrected chi connectivity index (χ4v) is 1.68. The summed E-state index contributed by atoms with van der Waals surface area (Å²) in [5.41, 5.74) is 4.29. The van der Waals surface area contributed by atoms with Crippen LogP contribution < -0.4 is 4.90 Å². The van der Waals surface area contributed by atoms with Crippen LogP contribution in [0.4, 0.5) is 5.69 Å². The third-order valence-corrected chi connectivity index (χ3v) is 3.04. The highest BCUT2D eigenvalue weighted by atomic mass is 15.2. The molecule has 0 saturated carbocycles. The molecular weight excluding hydrogens is 182 g/mol. The van der Waals surface area contributed by atoms with Crippen LogP contribution in [0.2, 0.25) is 0 Å². The van der Waals surface area contributed by atoms with E-state index in [2.05, 4.69) is 64.8 Å². The van der Waals surface area contributed by atoms with Gasteiger partial charge in [-0.05, 0) is 51.3 Å². The first-order valence-electron chi connectivity index (χ1n) is 5.69. The number of anilines is 1. The summed E-state index contributed by atoms with van der Waals surface area (Å²) >= 11 is 0. The molecule has 0 fully saturated rings. The molecule has 0 saturated heterocycles. The highest BCUT2D eigenvalue weighted by molar-refractivity contribution is 5.55. The predicted molar refractivity (Wildman–Crippen MR) is 68.7 cm³/mol. The lowest BCUT2D eigenvalue weighted by Gasteiger charge is -2.35. The van der Waals surface area contributed by atoms with Crippen LogP contribution in [-0.2, 0) is 6.42 Å². The molecule has 0 amide bonds. The van der Waals surface area contributed by atoms with Gasteiger partial charge in [-0.1, -0.05) is 19.1 Å². The fraction of sp³-hybridized carbons (Fsp3) is 0.571. The molecular formula is C14H23N. The third kappa shape index (κ3) is 2.74. The van der Waals surface area contributed by atoms with Crippen molar-refractivity contribution in [1.82, 2.24) is 0 Å². The Balaban J connectivity index is 3.06. The van der Waals surface area contributed by atoms with Gasteiger partial charge < -0.3 is 4.90 Å². The highest BCUT2D eigenvalue weighted by Crippen LogP contribution is 2.26. The summed E-state index contributed by atoms with van der Waals surface area (Å²) in [6.45, 7) is 11.1. The standard InChI is InChI=1S/C14H23N/c1-7-12-8-9-13(11(2)10-12)15(6)14(3,4)5/h8-10H,7H2,1-6H3. The molecule has 0 aliphatic heterocycles. The fourth-order valence-electron chi connectivity index (χ4n) is 1.68. The van der Waals surface area contributed by atoms with Crippen molar-refractivity contribution in [3.05, 3.63) is 29.3 Å². The van der Waals surface area contributed by atoms with Crippen LogP contribution in [0.25, 0.3) is 0 Å². The lowest BCUT2D eigenvalue weighted by atomic mass is 10.0. The molecule has 1 nitrogen and oxygen atoms in total. The zero-order valence-electron chi connectivity index (χ0n) is 10.9. The van der Waals surface area contributed by atoms with E-state index in [0.29, 0.717) is 0 Å². The Morgan fingerprint density at radius 3 is 2.20 bits per heavy atom. The molecule has 1 aromatic rings. The Hall–Kier alpha value is -0.980. The van der Waals surface area contributed by atoms with Gasteiger partial charge in [0.25, 0.3) is 0 Å². The van der Waals surface area contributed by atoms with Crippen molar-refractivity contribution in [2.24, 2.45) is 0 Å². The molecule has 1 aromatic carbocycles. The van der Waals surface area contributed by atoms with Gasteiger partial charge in [-0.2, -0.15) is 0 Å². The molecule has 15 heavy (non-hydrogen) atoms. The van der Waals surface area contributed by atoms with E-state index in [9.17, 15) is 0 Å². The average molecular weight is 205 g/mol. The molecule has 0 spiro atoms. The van der Waals surface area contributed by atoms with Gasteiger partial charge in [-0.15, -0.1) is 0 Å². The second kappa shape index (κ2) is 4.26. The van der Waals surface area contributed by atoms with Gasteiger partial charge in [0.1, 0.15) is 0 Å². The molecule has 0 aromatic heterocycles. The molecule has 0 aliphatic carbocycles. The summed E-state index contributed by atoms with van der Waals surface area (Å²) in [5.74, 6) is 0. The lowest BCUT2D eigenvalue weighted by molar-refractivity contribution is 0.538. The number of benzene rings is 1. The SMILES string of the molecule is CCc1ccc(N(C)C(C)(C)C)c(C)c1. The normalized spacial score (nSPS) is 11.6. The number of rotatable bonds is 2. The summed E-state index contributed by atoms with van der Waals surface area (Å²) in [7, 11) is 2.16. The van der Waals surface area contributed by atoms with Crippen LogP contribution in [-0.4, -0.2) is 12.6 Å².